The van der Waals surface area contributed by atoms with Crippen molar-refractivity contribution < 1.29 is 31.9 Å². The standard InChI is InChI=1S/C27H28N4O7S/c1-30(2)39(34,35)31-17-19(21-9-5-6-10-23(21)31)14-22(27(33)28-16-20-8-7-13-38-20)29-26(32)18-11-12-24(36-3)25(15-18)37-4/h5-15,17H,16H2,1-4H3,(H,28,33)(H,29,32)/b22-14-. The van der Waals surface area contributed by atoms with Gasteiger partial charge < -0.3 is 24.5 Å². The third-order valence-corrected chi connectivity index (χ3v) is 7.58. The molecule has 2 N–H and O–H groups in total. The van der Waals surface area contributed by atoms with Crippen molar-refractivity contribution >= 4 is 39.0 Å². The number of nitrogens with zero attached hydrogens (tertiary/aromatic N) is 2. The van der Waals surface area contributed by atoms with Crippen molar-refractivity contribution in [1.29, 1.82) is 0 Å². The van der Waals surface area contributed by atoms with Crippen molar-refractivity contribution in [3.8, 4) is 11.5 Å². The summed E-state index contributed by atoms with van der Waals surface area (Å²) in [5.41, 5.74) is 0.937. The molecule has 0 aliphatic carbocycles. The van der Waals surface area contributed by atoms with Gasteiger partial charge in [-0.2, -0.15) is 12.7 Å². The summed E-state index contributed by atoms with van der Waals surface area (Å²) in [6.07, 6.45) is 4.32. The molecule has 204 valence electrons. The lowest BCUT2D eigenvalue weighted by atomic mass is 10.1. The van der Waals surface area contributed by atoms with Gasteiger partial charge in [0.05, 0.1) is 32.5 Å². The van der Waals surface area contributed by atoms with Crippen molar-refractivity contribution in [3.63, 3.8) is 0 Å². The molecule has 0 bridgehead atoms. The van der Waals surface area contributed by atoms with Crippen molar-refractivity contribution in [2.24, 2.45) is 0 Å². The summed E-state index contributed by atoms with van der Waals surface area (Å²) < 4.78 is 44.0. The lowest BCUT2D eigenvalue weighted by molar-refractivity contribution is -0.118. The van der Waals surface area contributed by atoms with E-state index in [0.29, 0.717) is 33.7 Å². The molecule has 2 amide bonds. The van der Waals surface area contributed by atoms with Gasteiger partial charge in [-0.1, -0.05) is 18.2 Å². The van der Waals surface area contributed by atoms with Crippen molar-refractivity contribution in [2.75, 3.05) is 28.3 Å². The van der Waals surface area contributed by atoms with Crippen LogP contribution in [0.25, 0.3) is 17.0 Å². The van der Waals surface area contributed by atoms with Crippen LogP contribution in [0.4, 0.5) is 0 Å². The van der Waals surface area contributed by atoms with Gasteiger partial charge in [-0.25, -0.2) is 3.97 Å². The quantitative estimate of drug-likeness (QED) is 0.289. The molecule has 0 atom stereocenters. The average Bonchev–Trinajstić information content (AvgIpc) is 3.59. The summed E-state index contributed by atoms with van der Waals surface area (Å²) in [7, 11) is 1.92. The zero-order valence-corrected chi connectivity index (χ0v) is 22.6. The number of fused-ring (bicyclic) bond motifs is 1. The largest absolute Gasteiger partial charge is 0.493 e. The van der Waals surface area contributed by atoms with E-state index in [2.05, 4.69) is 10.6 Å². The maximum absolute atomic E-state index is 13.3. The maximum Gasteiger partial charge on any atom is 0.307 e. The number of ether oxygens (including phenoxy) is 2. The Hall–Kier alpha value is -4.55. The molecule has 2 heterocycles. The number of aromatic nitrogens is 1. The van der Waals surface area contributed by atoms with Gasteiger partial charge in [0, 0.05) is 36.8 Å². The van der Waals surface area contributed by atoms with E-state index in [-0.39, 0.29) is 17.8 Å². The van der Waals surface area contributed by atoms with E-state index in [1.807, 2.05) is 0 Å². The lowest BCUT2D eigenvalue weighted by Crippen LogP contribution is -2.34. The molecule has 0 unspecified atom stereocenters. The van der Waals surface area contributed by atoms with Crippen LogP contribution in [0.1, 0.15) is 21.7 Å². The summed E-state index contributed by atoms with van der Waals surface area (Å²) in [5, 5.41) is 5.93. The molecule has 0 fully saturated rings. The third-order valence-electron chi connectivity index (χ3n) is 5.86. The number of carbonyl (C=O) groups excluding carboxylic acids is 2. The van der Waals surface area contributed by atoms with Crippen LogP contribution < -0.4 is 20.1 Å². The predicted octanol–water partition coefficient (Wildman–Crippen LogP) is 2.99. The van der Waals surface area contributed by atoms with Crippen LogP contribution in [-0.2, 0) is 21.5 Å². The molecule has 0 spiro atoms. The topological polar surface area (TPSA) is 132 Å². The normalized spacial score (nSPS) is 12.0. The second-order valence-electron chi connectivity index (χ2n) is 8.53. The number of carbonyl (C=O) groups is 2. The molecule has 12 heteroatoms. The molecule has 0 radical (unpaired) electrons. The SMILES string of the molecule is COc1ccc(C(=O)N/C(=C\c2cn(S(=O)(=O)N(C)C)c3ccccc23)C(=O)NCc2ccco2)cc1OC. The number of amides is 2. The van der Waals surface area contributed by atoms with Crippen LogP contribution in [0, 0.1) is 0 Å². The molecule has 0 aliphatic heterocycles. The zero-order valence-electron chi connectivity index (χ0n) is 21.8. The summed E-state index contributed by atoms with van der Waals surface area (Å²) in [6.45, 7) is 0.0756. The van der Waals surface area contributed by atoms with Crippen molar-refractivity contribution in [3.05, 3.63) is 89.6 Å². The van der Waals surface area contributed by atoms with Gasteiger partial charge in [0.2, 0.25) is 0 Å². The minimum absolute atomic E-state index is 0.0756. The zero-order chi connectivity index (χ0) is 28.2. The number of hydrogen-bond donors (Lipinski definition) is 2. The summed E-state index contributed by atoms with van der Waals surface area (Å²) in [6, 6.07) is 14.9. The first kappa shape index (κ1) is 27.5. The second kappa shape index (κ2) is 11.5. The van der Waals surface area contributed by atoms with Gasteiger partial charge in [0.15, 0.2) is 11.5 Å². The van der Waals surface area contributed by atoms with Gasteiger partial charge in [-0.3, -0.25) is 9.59 Å². The number of methoxy groups -OCH3 is 2. The summed E-state index contributed by atoms with van der Waals surface area (Å²) >= 11 is 0. The number of rotatable bonds is 10. The fourth-order valence-electron chi connectivity index (χ4n) is 3.82. The molecule has 11 nitrogen and oxygen atoms in total. The maximum atomic E-state index is 13.3. The number of hydrogen-bond acceptors (Lipinski definition) is 7. The van der Waals surface area contributed by atoms with Gasteiger partial charge in [-0.15, -0.1) is 0 Å². The number of benzene rings is 2. The smallest absolute Gasteiger partial charge is 0.307 e. The Kier molecular flexibility index (Phi) is 8.07. The highest BCUT2D eigenvalue weighted by Crippen LogP contribution is 2.28. The highest BCUT2D eigenvalue weighted by molar-refractivity contribution is 7.87. The number of furan rings is 1. The monoisotopic (exact) mass is 552 g/mol. The lowest BCUT2D eigenvalue weighted by Gasteiger charge is -2.13. The summed E-state index contributed by atoms with van der Waals surface area (Å²) in [5.74, 6) is 0.112. The first-order valence-electron chi connectivity index (χ1n) is 11.7. The average molecular weight is 553 g/mol. The molecule has 4 rings (SSSR count). The van der Waals surface area contributed by atoms with E-state index in [9.17, 15) is 18.0 Å². The minimum atomic E-state index is -3.86. The molecule has 39 heavy (non-hydrogen) atoms. The molecule has 0 saturated carbocycles. The first-order chi connectivity index (χ1) is 18.6. The van der Waals surface area contributed by atoms with Crippen LogP contribution in [0.15, 0.2) is 77.2 Å². The van der Waals surface area contributed by atoms with Crippen molar-refractivity contribution in [1.82, 2.24) is 18.9 Å². The first-order valence-corrected chi connectivity index (χ1v) is 13.1. The molecule has 2 aromatic heterocycles. The Morgan fingerprint density at radius 3 is 2.44 bits per heavy atom. The third kappa shape index (κ3) is 5.81. The number of nitrogens with one attached hydrogen (secondary N) is 2. The fraction of sp³-hybridized carbons (Fsp3) is 0.185. The Bertz CT molecular complexity index is 1640. The highest BCUT2D eigenvalue weighted by atomic mass is 32.2. The van der Waals surface area contributed by atoms with E-state index < -0.39 is 22.0 Å². The van der Waals surface area contributed by atoms with E-state index in [4.69, 9.17) is 13.9 Å². The van der Waals surface area contributed by atoms with E-state index >= 15 is 0 Å². The molecule has 0 saturated heterocycles. The molecule has 2 aromatic carbocycles. The number of para-hydroxylation sites is 1. The van der Waals surface area contributed by atoms with Gasteiger partial charge in [0.25, 0.3) is 11.8 Å². The fourth-order valence-corrected chi connectivity index (χ4v) is 4.83. The van der Waals surface area contributed by atoms with Gasteiger partial charge in [0.1, 0.15) is 11.5 Å². The van der Waals surface area contributed by atoms with Crippen molar-refractivity contribution in [2.45, 2.75) is 6.54 Å². The van der Waals surface area contributed by atoms with Gasteiger partial charge >= 0.3 is 10.2 Å². The minimum Gasteiger partial charge on any atom is -0.493 e. The Labute approximate surface area is 225 Å². The molecule has 0 aliphatic rings. The van der Waals surface area contributed by atoms with E-state index in [1.54, 1.807) is 42.5 Å². The highest BCUT2D eigenvalue weighted by Gasteiger charge is 2.22. The van der Waals surface area contributed by atoms with Gasteiger partial charge in [-0.05, 0) is 42.5 Å². The van der Waals surface area contributed by atoms with Crippen LogP contribution in [0.3, 0.4) is 0 Å². The van der Waals surface area contributed by atoms with Crippen LogP contribution in [-0.4, -0.2) is 56.8 Å². The summed E-state index contributed by atoms with van der Waals surface area (Å²) in [4.78, 5) is 26.5. The van der Waals surface area contributed by atoms with Crippen LogP contribution in [0.5, 0.6) is 11.5 Å². The Morgan fingerprint density at radius 2 is 1.77 bits per heavy atom. The van der Waals surface area contributed by atoms with Crippen LogP contribution in [0.2, 0.25) is 0 Å². The Balaban J connectivity index is 1.76. The molecular weight excluding hydrogens is 524 g/mol. The van der Waals surface area contributed by atoms with E-state index in [0.717, 1.165) is 8.28 Å². The predicted molar refractivity (Wildman–Crippen MR) is 145 cm³/mol. The molecular formula is C27H28N4O7S. The Morgan fingerprint density at radius 1 is 1.03 bits per heavy atom. The molecule has 4 aromatic rings. The van der Waals surface area contributed by atoms with E-state index in [1.165, 1.54) is 59.0 Å². The second-order valence-corrected chi connectivity index (χ2v) is 10.6. The van der Waals surface area contributed by atoms with Crippen LogP contribution >= 0.6 is 0 Å².